The maximum absolute atomic E-state index is 6.16. The average Bonchev–Trinajstić information content (AvgIpc) is 2.48. The quantitative estimate of drug-likeness (QED) is 0.633. The van der Waals surface area contributed by atoms with Crippen LogP contribution in [0.5, 0.6) is 0 Å². The van der Waals surface area contributed by atoms with E-state index < -0.39 is 0 Å². The molecule has 1 aromatic carbocycles. The summed E-state index contributed by atoms with van der Waals surface area (Å²) in [5, 5.41) is 0.911. The van der Waals surface area contributed by atoms with Crippen molar-refractivity contribution in [1.82, 2.24) is 4.90 Å². The van der Waals surface area contributed by atoms with Crippen LogP contribution in [0.25, 0.3) is 0 Å². The van der Waals surface area contributed by atoms with Crippen LogP contribution >= 0.6 is 11.6 Å². The fourth-order valence-corrected chi connectivity index (χ4v) is 2.11. The first kappa shape index (κ1) is 10.0. The molecule has 0 aromatic heterocycles. The van der Waals surface area contributed by atoms with Crippen molar-refractivity contribution in [3.05, 3.63) is 34.3 Å². The van der Waals surface area contributed by atoms with Crippen LogP contribution < -0.4 is 0 Å². The Labute approximate surface area is 90.7 Å². The standard InChI is InChI=1S/C12H16ClN/c1-12(2,3)14-7-9-5-4-6-11(13)10(9)8-14/h4-6H,7-8H2,1-3H3. The van der Waals surface area contributed by atoms with Crippen molar-refractivity contribution in [2.45, 2.75) is 39.4 Å². The molecule has 14 heavy (non-hydrogen) atoms. The molecule has 2 heteroatoms. The summed E-state index contributed by atoms with van der Waals surface area (Å²) in [5.41, 5.74) is 2.92. The Bertz CT molecular complexity index is 352. The van der Waals surface area contributed by atoms with Gasteiger partial charge in [0.25, 0.3) is 0 Å². The van der Waals surface area contributed by atoms with Crippen LogP contribution in [0.2, 0.25) is 5.02 Å². The Morgan fingerprint density at radius 2 is 1.93 bits per heavy atom. The molecule has 0 amide bonds. The Morgan fingerprint density at radius 1 is 1.21 bits per heavy atom. The normalized spacial score (nSPS) is 17.1. The van der Waals surface area contributed by atoms with Gasteiger partial charge in [0.05, 0.1) is 0 Å². The Morgan fingerprint density at radius 3 is 2.50 bits per heavy atom. The molecule has 0 saturated carbocycles. The molecule has 0 radical (unpaired) electrons. The summed E-state index contributed by atoms with van der Waals surface area (Å²) < 4.78 is 0. The summed E-state index contributed by atoms with van der Waals surface area (Å²) in [7, 11) is 0. The van der Waals surface area contributed by atoms with E-state index in [1.807, 2.05) is 12.1 Å². The Hall–Kier alpha value is -0.530. The van der Waals surface area contributed by atoms with E-state index in [2.05, 4.69) is 31.7 Å². The van der Waals surface area contributed by atoms with Gasteiger partial charge in [-0.15, -0.1) is 0 Å². The van der Waals surface area contributed by atoms with Crippen molar-refractivity contribution in [2.75, 3.05) is 0 Å². The van der Waals surface area contributed by atoms with E-state index >= 15 is 0 Å². The number of hydrogen-bond acceptors (Lipinski definition) is 1. The molecule has 76 valence electrons. The van der Waals surface area contributed by atoms with Crippen molar-refractivity contribution in [3.8, 4) is 0 Å². The number of hydrogen-bond donors (Lipinski definition) is 0. The maximum atomic E-state index is 6.16. The lowest BCUT2D eigenvalue weighted by Gasteiger charge is -2.31. The van der Waals surface area contributed by atoms with Crippen molar-refractivity contribution >= 4 is 11.6 Å². The summed E-state index contributed by atoms with van der Waals surface area (Å²) in [4.78, 5) is 2.45. The van der Waals surface area contributed by atoms with Crippen LogP contribution in [0.4, 0.5) is 0 Å². The minimum absolute atomic E-state index is 0.225. The summed E-state index contributed by atoms with van der Waals surface area (Å²) in [6, 6.07) is 6.19. The first-order chi connectivity index (χ1) is 6.48. The average molecular weight is 210 g/mol. The highest BCUT2D eigenvalue weighted by Gasteiger charge is 2.28. The molecule has 1 aliphatic rings. The van der Waals surface area contributed by atoms with Gasteiger partial charge in [-0.3, -0.25) is 4.90 Å². The zero-order valence-electron chi connectivity index (χ0n) is 8.97. The first-order valence-corrected chi connectivity index (χ1v) is 5.37. The van der Waals surface area contributed by atoms with Gasteiger partial charge in [-0.1, -0.05) is 23.7 Å². The molecular weight excluding hydrogens is 194 g/mol. The smallest absolute Gasteiger partial charge is 0.0454 e. The minimum Gasteiger partial charge on any atom is -0.290 e. The van der Waals surface area contributed by atoms with Gasteiger partial charge in [-0.25, -0.2) is 0 Å². The topological polar surface area (TPSA) is 3.24 Å². The lowest BCUT2D eigenvalue weighted by atomic mass is 10.1. The fraction of sp³-hybridized carbons (Fsp3) is 0.500. The number of rotatable bonds is 0. The van der Waals surface area contributed by atoms with Crippen LogP contribution in [0.3, 0.4) is 0 Å². The largest absolute Gasteiger partial charge is 0.290 e. The second kappa shape index (κ2) is 3.25. The third kappa shape index (κ3) is 1.67. The van der Waals surface area contributed by atoms with E-state index in [0.29, 0.717) is 0 Å². The molecule has 0 fully saturated rings. The van der Waals surface area contributed by atoms with Crippen molar-refractivity contribution in [3.63, 3.8) is 0 Å². The third-order valence-corrected chi connectivity index (χ3v) is 3.23. The highest BCUT2D eigenvalue weighted by Crippen LogP contribution is 2.32. The van der Waals surface area contributed by atoms with Crippen LogP contribution in [-0.2, 0) is 13.1 Å². The molecule has 1 heterocycles. The van der Waals surface area contributed by atoms with Gasteiger partial charge in [-0.2, -0.15) is 0 Å². The summed E-state index contributed by atoms with van der Waals surface area (Å²) in [6.45, 7) is 8.74. The zero-order chi connectivity index (χ0) is 10.3. The second-order valence-corrected chi connectivity index (χ2v) is 5.31. The van der Waals surface area contributed by atoms with Gasteiger partial charge in [-0.05, 0) is 38.0 Å². The molecule has 0 atom stereocenters. The van der Waals surface area contributed by atoms with Gasteiger partial charge in [0.1, 0.15) is 0 Å². The lowest BCUT2D eigenvalue weighted by molar-refractivity contribution is 0.136. The van der Waals surface area contributed by atoms with Gasteiger partial charge in [0.15, 0.2) is 0 Å². The molecule has 0 N–H and O–H groups in total. The molecule has 1 aromatic rings. The highest BCUT2D eigenvalue weighted by molar-refractivity contribution is 6.31. The summed E-state index contributed by atoms with van der Waals surface area (Å²) in [6.07, 6.45) is 0. The molecule has 0 spiro atoms. The van der Waals surface area contributed by atoms with Crippen LogP contribution in [0.15, 0.2) is 18.2 Å². The number of nitrogens with zero attached hydrogens (tertiary/aromatic N) is 1. The van der Waals surface area contributed by atoms with E-state index in [4.69, 9.17) is 11.6 Å². The molecule has 0 bridgehead atoms. The zero-order valence-corrected chi connectivity index (χ0v) is 9.73. The molecular formula is C12H16ClN. The van der Waals surface area contributed by atoms with E-state index in [-0.39, 0.29) is 5.54 Å². The van der Waals surface area contributed by atoms with Gasteiger partial charge >= 0.3 is 0 Å². The molecule has 2 rings (SSSR count). The number of halogens is 1. The SMILES string of the molecule is CC(C)(C)N1Cc2cccc(Cl)c2C1. The van der Waals surface area contributed by atoms with Crippen molar-refractivity contribution in [1.29, 1.82) is 0 Å². The fourth-order valence-electron chi connectivity index (χ4n) is 1.86. The van der Waals surface area contributed by atoms with Gasteiger partial charge < -0.3 is 0 Å². The van der Waals surface area contributed by atoms with Crippen LogP contribution in [-0.4, -0.2) is 10.4 Å². The Balaban J connectivity index is 2.31. The van der Waals surface area contributed by atoms with E-state index in [1.165, 1.54) is 11.1 Å². The van der Waals surface area contributed by atoms with Crippen LogP contribution in [0.1, 0.15) is 31.9 Å². The number of fused-ring (bicyclic) bond motifs is 1. The predicted octanol–water partition coefficient (Wildman–Crippen LogP) is 3.45. The third-order valence-electron chi connectivity index (χ3n) is 2.87. The van der Waals surface area contributed by atoms with Crippen molar-refractivity contribution < 1.29 is 0 Å². The van der Waals surface area contributed by atoms with Crippen LogP contribution in [0, 0.1) is 0 Å². The number of benzene rings is 1. The lowest BCUT2D eigenvalue weighted by Crippen LogP contribution is -2.36. The molecule has 1 aliphatic heterocycles. The monoisotopic (exact) mass is 209 g/mol. The van der Waals surface area contributed by atoms with E-state index in [9.17, 15) is 0 Å². The molecule has 0 saturated heterocycles. The van der Waals surface area contributed by atoms with E-state index in [0.717, 1.165) is 18.1 Å². The Kier molecular flexibility index (Phi) is 2.32. The van der Waals surface area contributed by atoms with E-state index in [1.54, 1.807) is 0 Å². The summed E-state index contributed by atoms with van der Waals surface area (Å²) >= 11 is 6.16. The first-order valence-electron chi connectivity index (χ1n) is 5.00. The predicted molar refractivity (Wildman–Crippen MR) is 60.5 cm³/mol. The van der Waals surface area contributed by atoms with Gasteiger partial charge in [0, 0.05) is 23.7 Å². The molecule has 0 unspecified atom stereocenters. The maximum Gasteiger partial charge on any atom is 0.0454 e. The second-order valence-electron chi connectivity index (χ2n) is 4.90. The minimum atomic E-state index is 0.225. The summed E-state index contributed by atoms with van der Waals surface area (Å²) in [5.74, 6) is 0. The van der Waals surface area contributed by atoms with Gasteiger partial charge in [0.2, 0.25) is 0 Å². The highest BCUT2D eigenvalue weighted by atomic mass is 35.5. The van der Waals surface area contributed by atoms with Crippen molar-refractivity contribution in [2.24, 2.45) is 0 Å². The molecule has 1 nitrogen and oxygen atoms in total. The molecule has 0 aliphatic carbocycles.